The summed E-state index contributed by atoms with van der Waals surface area (Å²) in [6.07, 6.45) is 8.69. The van der Waals surface area contributed by atoms with Crippen LogP contribution in [0.1, 0.15) is 110 Å². The van der Waals surface area contributed by atoms with Crippen molar-refractivity contribution in [2.45, 2.75) is 130 Å². The SMILES string of the molecule is CCC[C@H](NC(=O)[C@@H](NC(=O)c1cc[n+]([O-])cc1)C1CCCCC1)C(=O)N[C@H](CN[C@@H](C)C(=O)N[C@H](C(=O)NCC)C(C)C)CC(C)C. The Bertz CT molecular complexity index is 1190. The first kappa shape index (κ1) is 40.4. The van der Waals surface area contributed by atoms with Crippen LogP contribution < -0.4 is 36.6 Å². The van der Waals surface area contributed by atoms with Gasteiger partial charge in [0.25, 0.3) is 5.91 Å². The van der Waals surface area contributed by atoms with E-state index in [4.69, 9.17) is 0 Å². The third-order valence-corrected chi connectivity index (χ3v) is 8.73. The Kier molecular flexibility index (Phi) is 17.3. The van der Waals surface area contributed by atoms with Gasteiger partial charge in [0.2, 0.25) is 23.6 Å². The molecule has 270 valence electrons. The summed E-state index contributed by atoms with van der Waals surface area (Å²) in [4.78, 5) is 66.0. The lowest BCUT2D eigenvalue weighted by Gasteiger charge is -2.32. The van der Waals surface area contributed by atoms with Gasteiger partial charge in [0.15, 0.2) is 12.4 Å². The van der Waals surface area contributed by atoms with E-state index in [2.05, 4.69) is 31.9 Å². The zero-order chi connectivity index (χ0) is 35.8. The van der Waals surface area contributed by atoms with Crippen molar-refractivity contribution in [3.05, 3.63) is 35.3 Å². The topological polar surface area (TPSA) is 184 Å². The van der Waals surface area contributed by atoms with Gasteiger partial charge >= 0.3 is 0 Å². The van der Waals surface area contributed by atoms with Gasteiger partial charge in [-0.25, -0.2) is 0 Å². The molecule has 1 aliphatic rings. The predicted octanol–water partition coefficient (Wildman–Crippen LogP) is 2.07. The minimum Gasteiger partial charge on any atom is -0.619 e. The molecule has 5 amide bonds. The summed E-state index contributed by atoms with van der Waals surface area (Å²) < 4.78 is 0.588. The Morgan fingerprint density at radius 1 is 0.833 bits per heavy atom. The van der Waals surface area contributed by atoms with E-state index in [1.54, 1.807) is 6.92 Å². The quantitative estimate of drug-likeness (QED) is 0.0959. The van der Waals surface area contributed by atoms with Gasteiger partial charge in [-0.05, 0) is 57.3 Å². The molecule has 1 heterocycles. The summed E-state index contributed by atoms with van der Waals surface area (Å²) in [6.45, 7) is 14.1. The number of pyridine rings is 1. The molecule has 48 heavy (non-hydrogen) atoms. The van der Waals surface area contributed by atoms with Gasteiger partial charge in [-0.15, -0.1) is 0 Å². The second-order valence-electron chi connectivity index (χ2n) is 13.7. The van der Waals surface area contributed by atoms with E-state index < -0.39 is 36.0 Å². The molecule has 0 aliphatic heterocycles. The molecule has 13 heteroatoms. The first-order chi connectivity index (χ1) is 22.8. The van der Waals surface area contributed by atoms with E-state index >= 15 is 0 Å². The molecular weight excluding hydrogens is 614 g/mol. The van der Waals surface area contributed by atoms with Gasteiger partial charge in [0.1, 0.15) is 18.1 Å². The van der Waals surface area contributed by atoms with Crippen LogP contribution in [0.4, 0.5) is 0 Å². The third-order valence-electron chi connectivity index (χ3n) is 8.73. The van der Waals surface area contributed by atoms with Crippen LogP contribution >= 0.6 is 0 Å². The lowest BCUT2D eigenvalue weighted by molar-refractivity contribution is -0.605. The van der Waals surface area contributed by atoms with Crippen molar-refractivity contribution >= 4 is 29.5 Å². The molecule has 1 aromatic rings. The average Bonchev–Trinajstić information content (AvgIpc) is 3.04. The molecule has 0 saturated heterocycles. The fourth-order valence-corrected chi connectivity index (χ4v) is 6.05. The molecule has 0 spiro atoms. The van der Waals surface area contributed by atoms with Crippen LogP contribution in [0.3, 0.4) is 0 Å². The molecule has 2 rings (SSSR count). The van der Waals surface area contributed by atoms with Crippen molar-refractivity contribution in [1.82, 2.24) is 31.9 Å². The number of aromatic nitrogens is 1. The molecule has 1 saturated carbocycles. The number of amides is 5. The normalized spacial score (nSPS) is 16.7. The number of carbonyl (C=O) groups excluding carboxylic acids is 5. The lowest BCUT2D eigenvalue weighted by Crippen LogP contribution is -2.58. The molecule has 5 atom stereocenters. The minimum absolute atomic E-state index is 0.0740. The summed E-state index contributed by atoms with van der Waals surface area (Å²) >= 11 is 0. The van der Waals surface area contributed by atoms with Crippen molar-refractivity contribution in [2.24, 2.45) is 17.8 Å². The lowest BCUT2D eigenvalue weighted by atomic mass is 9.83. The van der Waals surface area contributed by atoms with Crippen LogP contribution in [0.2, 0.25) is 0 Å². The van der Waals surface area contributed by atoms with Crippen molar-refractivity contribution in [3.8, 4) is 0 Å². The Labute approximate surface area is 286 Å². The highest BCUT2D eigenvalue weighted by Gasteiger charge is 2.34. The second kappa shape index (κ2) is 20.6. The smallest absolute Gasteiger partial charge is 0.252 e. The van der Waals surface area contributed by atoms with E-state index in [-0.39, 0.29) is 47.1 Å². The molecule has 1 aliphatic carbocycles. The second-order valence-corrected chi connectivity index (χ2v) is 13.7. The molecule has 1 aromatic heterocycles. The maximum absolute atomic E-state index is 13.8. The van der Waals surface area contributed by atoms with Gasteiger partial charge in [-0.1, -0.05) is 60.3 Å². The van der Waals surface area contributed by atoms with E-state index in [9.17, 15) is 29.2 Å². The highest BCUT2D eigenvalue weighted by atomic mass is 16.5. The summed E-state index contributed by atoms with van der Waals surface area (Å²) in [6, 6.07) is -0.446. The summed E-state index contributed by atoms with van der Waals surface area (Å²) in [5.41, 5.74) is 0.273. The number of hydrogen-bond acceptors (Lipinski definition) is 7. The molecule has 1 fully saturated rings. The molecular formula is C35H59N7O6. The van der Waals surface area contributed by atoms with E-state index in [0.29, 0.717) is 37.1 Å². The van der Waals surface area contributed by atoms with Gasteiger partial charge in [-0.3, -0.25) is 24.0 Å². The standard InChI is InChI=1S/C35H59N7O6/c1-8-13-28(39-35(47)30(25-14-11-10-12-15-25)41-32(44)26-16-18-42(48)19-17-26)33(45)38-27(20-22(3)4)21-37-24(7)31(43)40-29(23(5)6)34(46)36-9-2/h16-19,22-25,27-30,37H,8-15,20-21H2,1-7H3,(H,36,46)(H,38,45)(H,39,47)(H,40,43)(H,41,44)/t24-,27-,28-,29-,30-/m0/s1. The summed E-state index contributed by atoms with van der Waals surface area (Å²) in [5.74, 6) is -1.67. The van der Waals surface area contributed by atoms with Gasteiger partial charge in [0.05, 0.1) is 11.6 Å². The van der Waals surface area contributed by atoms with Crippen molar-refractivity contribution in [1.29, 1.82) is 0 Å². The first-order valence-corrected chi connectivity index (χ1v) is 17.7. The minimum atomic E-state index is -0.828. The van der Waals surface area contributed by atoms with Gasteiger partial charge < -0.3 is 37.1 Å². The van der Waals surface area contributed by atoms with E-state index in [1.165, 1.54) is 24.5 Å². The Balaban J connectivity index is 2.12. The van der Waals surface area contributed by atoms with Crippen LogP contribution in [0.5, 0.6) is 0 Å². The number of likely N-dealkylation sites (N-methyl/N-ethyl adjacent to an activating group) is 1. The number of nitrogens with zero attached hydrogens (tertiary/aromatic N) is 1. The molecule has 0 bridgehead atoms. The number of nitrogens with one attached hydrogen (secondary N) is 6. The van der Waals surface area contributed by atoms with Crippen LogP contribution in [-0.4, -0.2) is 72.8 Å². The van der Waals surface area contributed by atoms with Gasteiger partial charge in [-0.2, -0.15) is 4.73 Å². The molecule has 13 nitrogen and oxygen atoms in total. The summed E-state index contributed by atoms with van der Waals surface area (Å²) in [5, 5.41) is 29.2. The largest absolute Gasteiger partial charge is 0.619 e. The average molecular weight is 674 g/mol. The Hall–Kier alpha value is -3.74. The van der Waals surface area contributed by atoms with Crippen LogP contribution in [0.15, 0.2) is 24.5 Å². The third kappa shape index (κ3) is 13.4. The van der Waals surface area contributed by atoms with Crippen LogP contribution in [0, 0.1) is 23.0 Å². The maximum atomic E-state index is 13.8. The monoisotopic (exact) mass is 673 g/mol. The number of hydrogen-bond donors (Lipinski definition) is 6. The zero-order valence-electron chi connectivity index (χ0n) is 29.9. The highest BCUT2D eigenvalue weighted by molar-refractivity contribution is 5.98. The fraction of sp³-hybridized carbons (Fsp3) is 0.714. The zero-order valence-corrected chi connectivity index (χ0v) is 29.9. The van der Waals surface area contributed by atoms with E-state index in [1.807, 2.05) is 41.5 Å². The highest BCUT2D eigenvalue weighted by Crippen LogP contribution is 2.27. The fourth-order valence-electron chi connectivity index (χ4n) is 6.05. The van der Waals surface area contributed by atoms with Crippen molar-refractivity contribution < 1.29 is 28.7 Å². The number of rotatable bonds is 19. The van der Waals surface area contributed by atoms with Crippen LogP contribution in [-0.2, 0) is 19.2 Å². The van der Waals surface area contributed by atoms with Crippen LogP contribution in [0.25, 0.3) is 0 Å². The number of carbonyl (C=O) groups is 5. The molecule has 0 unspecified atom stereocenters. The molecule has 6 N–H and O–H groups in total. The Morgan fingerprint density at radius 3 is 2.04 bits per heavy atom. The summed E-state index contributed by atoms with van der Waals surface area (Å²) in [7, 11) is 0. The first-order valence-electron chi connectivity index (χ1n) is 17.7. The van der Waals surface area contributed by atoms with Gasteiger partial charge in [0, 0.05) is 31.3 Å². The Morgan fingerprint density at radius 2 is 1.48 bits per heavy atom. The maximum Gasteiger partial charge on any atom is 0.252 e. The molecule has 0 radical (unpaired) electrons. The van der Waals surface area contributed by atoms with Crippen molar-refractivity contribution in [3.63, 3.8) is 0 Å². The predicted molar refractivity (Wildman–Crippen MR) is 184 cm³/mol. The molecule has 0 aromatic carbocycles. The van der Waals surface area contributed by atoms with Crippen molar-refractivity contribution in [2.75, 3.05) is 13.1 Å². The van der Waals surface area contributed by atoms with E-state index in [0.717, 1.165) is 32.1 Å².